The highest BCUT2D eigenvalue weighted by Crippen LogP contribution is 2.28. The summed E-state index contributed by atoms with van der Waals surface area (Å²) in [6, 6.07) is 8.12. The molecule has 0 unspecified atom stereocenters. The molecule has 0 radical (unpaired) electrons. The average molecular weight is 252 g/mol. The lowest BCUT2D eigenvalue weighted by atomic mass is 9.85. The van der Waals surface area contributed by atoms with E-state index in [9.17, 15) is 4.79 Å². The van der Waals surface area contributed by atoms with Crippen molar-refractivity contribution in [3.63, 3.8) is 0 Å². The van der Waals surface area contributed by atoms with Crippen LogP contribution in [0.25, 0.3) is 0 Å². The van der Waals surface area contributed by atoms with Gasteiger partial charge in [0.1, 0.15) is 0 Å². The molecule has 1 aromatic rings. The fraction of sp³-hybridized carbons (Fsp3) is 0.500. The van der Waals surface area contributed by atoms with E-state index in [1.807, 2.05) is 37.7 Å². The van der Waals surface area contributed by atoms with Crippen molar-refractivity contribution < 1.29 is 9.53 Å². The Bertz CT molecular complexity index is 380. The predicted molar refractivity (Wildman–Crippen MR) is 72.5 cm³/mol. The molecular weight excluding hydrogens is 232 g/mol. The van der Waals surface area contributed by atoms with Gasteiger partial charge in [0, 0.05) is 10.1 Å². The van der Waals surface area contributed by atoms with Gasteiger partial charge in [-0.2, -0.15) is 0 Å². The summed E-state index contributed by atoms with van der Waals surface area (Å²) in [5.41, 5.74) is 0.396. The molecule has 0 saturated carbocycles. The van der Waals surface area contributed by atoms with Crippen molar-refractivity contribution in [2.45, 2.75) is 43.3 Å². The van der Waals surface area contributed by atoms with E-state index in [-0.39, 0.29) is 5.97 Å². The summed E-state index contributed by atoms with van der Waals surface area (Å²) in [6.07, 6.45) is 0. The Balaban J connectivity index is 2.90. The summed E-state index contributed by atoms with van der Waals surface area (Å²) < 4.78 is 4.82. The van der Waals surface area contributed by atoms with Crippen LogP contribution in [0.2, 0.25) is 0 Å². The summed E-state index contributed by atoms with van der Waals surface area (Å²) in [7, 11) is 1.42. The molecule has 0 amide bonds. The van der Waals surface area contributed by atoms with E-state index in [2.05, 4.69) is 26.0 Å². The molecule has 0 aliphatic heterocycles. The first-order chi connectivity index (χ1) is 7.87. The van der Waals surface area contributed by atoms with Crippen LogP contribution in [-0.4, -0.2) is 18.3 Å². The number of hydrogen-bond acceptors (Lipinski definition) is 3. The lowest BCUT2D eigenvalue weighted by Crippen LogP contribution is -2.30. The molecule has 94 valence electrons. The molecule has 0 aromatic heterocycles. The Hall–Kier alpha value is -0.960. The van der Waals surface area contributed by atoms with Crippen LogP contribution in [0.1, 0.15) is 33.3 Å². The van der Waals surface area contributed by atoms with Crippen molar-refractivity contribution in [2.75, 3.05) is 7.11 Å². The highest BCUT2D eigenvalue weighted by Gasteiger charge is 2.30. The maximum atomic E-state index is 11.7. The maximum Gasteiger partial charge on any atom is 0.315 e. The summed E-state index contributed by atoms with van der Waals surface area (Å²) >= 11 is 1.82. The molecule has 1 aromatic carbocycles. The fourth-order valence-electron chi connectivity index (χ4n) is 1.60. The van der Waals surface area contributed by atoms with Gasteiger partial charge < -0.3 is 4.74 Å². The van der Waals surface area contributed by atoms with Crippen molar-refractivity contribution in [3.05, 3.63) is 29.8 Å². The van der Waals surface area contributed by atoms with Gasteiger partial charge in [0.25, 0.3) is 0 Å². The number of thioether (sulfide) groups is 1. The lowest BCUT2D eigenvalue weighted by Gasteiger charge is -2.22. The van der Waals surface area contributed by atoms with Gasteiger partial charge in [-0.05, 0) is 31.5 Å². The molecule has 0 heterocycles. The molecule has 1 rings (SSSR count). The summed E-state index contributed by atoms with van der Waals surface area (Å²) in [5.74, 6) is -0.207. The zero-order valence-electron chi connectivity index (χ0n) is 11.1. The third kappa shape index (κ3) is 3.50. The Morgan fingerprint density at radius 2 is 1.76 bits per heavy atom. The average Bonchev–Trinajstić information content (AvgIpc) is 2.27. The van der Waals surface area contributed by atoms with Crippen LogP contribution in [0.4, 0.5) is 0 Å². The molecular formula is C14H20O2S. The van der Waals surface area contributed by atoms with Gasteiger partial charge in [-0.1, -0.05) is 26.0 Å². The number of hydrogen-bond donors (Lipinski definition) is 0. The van der Waals surface area contributed by atoms with Crippen molar-refractivity contribution >= 4 is 17.7 Å². The van der Waals surface area contributed by atoms with Gasteiger partial charge >= 0.3 is 5.97 Å². The number of benzene rings is 1. The second-order valence-electron chi connectivity index (χ2n) is 4.81. The van der Waals surface area contributed by atoms with E-state index in [4.69, 9.17) is 4.74 Å². The first kappa shape index (κ1) is 14.1. The minimum Gasteiger partial charge on any atom is -0.468 e. The molecule has 0 spiro atoms. The number of rotatable bonds is 4. The van der Waals surface area contributed by atoms with E-state index >= 15 is 0 Å². The predicted octanol–water partition coefficient (Wildman–Crippen LogP) is 3.64. The van der Waals surface area contributed by atoms with Gasteiger partial charge in [-0.15, -0.1) is 11.8 Å². The standard InChI is InChI=1S/C14H20O2S/c1-10(2)17-12-8-6-11(7-9-12)14(3,4)13(15)16-5/h6-10H,1-5H3. The third-order valence-electron chi connectivity index (χ3n) is 2.64. The Labute approximate surface area is 108 Å². The smallest absolute Gasteiger partial charge is 0.315 e. The van der Waals surface area contributed by atoms with Crippen LogP contribution < -0.4 is 0 Å². The minimum absolute atomic E-state index is 0.207. The van der Waals surface area contributed by atoms with Crippen molar-refractivity contribution in [1.29, 1.82) is 0 Å². The largest absolute Gasteiger partial charge is 0.468 e. The molecule has 0 aliphatic rings. The second kappa shape index (κ2) is 5.58. The zero-order valence-corrected chi connectivity index (χ0v) is 11.9. The first-order valence-electron chi connectivity index (χ1n) is 5.73. The second-order valence-corrected chi connectivity index (χ2v) is 6.46. The molecule has 0 N–H and O–H groups in total. The number of esters is 1. The SMILES string of the molecule is COC(=O)C(C)(C)c1ccc(SC(C)C)cc1. The first-order valence-corrected chi connectivity index (χ1v) is 6.61. The Kier molecular flexibility index (Phi) is 4.63. The Morgan fingerprint density at radius 1 is 1.24 bits per heavy atom. The minimum atomic E-state index is -0.588. The number of methoxy groups -OCH3 is 1. The van der Waals surface area contributed by atoms with Gasteiger partial charge in [-0.3, -0.25) is 4.79 Å². The van der Waals surface area contributed by atoms with Crippen LogP contribution >= 0.6 is 11.8 Å². The van der Waals surface area contributed by atoms with Crippen molar-refractivity contribution in [2.24, 2.45) is 0 Å². The van der Waals surface area contributed by atoms with Gasteiger partial charge in [-0.25, -0.2) is 0 Å². The fourth-order valence-corrected chi connectivity index (χ4v) is 2.43. The highest BCUT2D eigenvalue weighted by atomic mass is 32.2. The van der Waals surface area contributed by atoms with Crippen LogP contribution in [0, 0.1) is 0 Å². The summed E-state index contributed by atoms with van der Waals surface area (Å²) in [6.45, 7) is 8.08. The maximum absolute atomic E-state index is 11.7. The summed E-state index contributed by atoms with van der Waals surface area (Å²) in [5, 5.41) is 0.564. The molecule has 3 heteroatoms. The van der Waals surface area contributed by atoms with Crippen LogP contribution in [-0.2, 0) is 14.9 Å². The molecule has 0 aliphatic carbocycles. The molecule has 2 nitrogen and oxygen atoms in total. The van der Waals surface area contributed by atoms with E-state index in [1.165, 1.54) is 12.0 Å². The lowest BCUT2D eigenvalue weighted by molar-refractivity contribution is -0.146. The van der Waals surface area contributed by atoms with Crippen LogP contribution in [0.3, 0.4) is 0 Å². The van der Waals surface area contributed by atoms with Gasteiger partial charge in [0.15, 0.2) is 0 Å². The molecule has 0 fully saturated rings. The van der Waals surface area contributed by atoms with E-state index in [0.717, 1.165) is 5.56 Å². The zero-order chi connectivity index (χ0) is 13.1. The number of carbonyl (C=O) groups is 1. The molecule has 17 heavy (non-hydrogen) atoms. The molecule has 0 atom stereocenters. The third-order valence-corrected chi connectivity index (χ3v) is 3.66. The molecule has 0 bridgehead atoms. The van der Waals surface area contributed by atoms with Crippen LogP contribution in [0.15, 0.2) is 29.2 Å². The van der Waals surface area contributed by atoms with E-state index in [1.54, 1.807) is 0 Å². The van der Waals surface area contributed by atoms with Crippen molar-refractivity contribution in [3.8, 4) is 0 Å². The van der Waals surface area contributed by atoms with Crippen LogP contribution in [0.5, 0.6) is 0 Å². The van der Waals surface area contributed by atoms with Gasteiger partial charge in [0.2, 0.25) is 0 Å². The van der Waals surface area contributed by atoms with Crippen molar-refractivity contribution in [1.82, 2.24) is 0 Å². The Morgan fingerprint density at radius 3 is 2.18 bits per heavy atom. The number of carbonyl (C=O) groups excluding carboxylic acids is 1. The quantitative estimate of drug-likeness (QED) is 0.604. The normalized spacial score (nSPS) is 11.6. The van der Waals surface area contributed by atoms with E-state index < -0.39 is 5.41 Å². The van der Waals surface area contributed by atoms with E-state index in [0.29, 0.717) is 5.25 Å². The topological polar surface area (TPSA) is 26.3 Å². The monoisotopic (exact) mass is 252 g/mol. The number of ether oxygens (including phenoxy) is 1. The highest BCUT2D eigenvalue weighted by molar-refractivity contribution is 7.99. The summed E-state index contributed by atoms with van der Waals surface area (Å²) in [4.78, 5) is 12.9. The molecule has 0 saturated heterocycles. The van der Waals surface area contributed by atoms with Gasteiger partial charge in [0.05, 0.1) is 12.5 Å².